The number of rotatable bonds is 5. The highest BCUT2D eigenvalue weighted by Gasteiger charge is 2.28. The Bertz CT molecular complexity index is 882. The summed E-state index contributed by atoms with van der Waals surface area (Å²) >= 11 is 0. The first kappa shape index (κ1) is 21.4. The summed E-state index contributed by atoms with van der Waals surface area (Å²) in [4.78, 5) is 22.6. The fourth-order valence-electron chi connectivity index (χ4n) is 3.64. The Hall–Kier alpha value is -2.88. The molecule has 4 heterocycles. The summed E-state index contributed by atoms with van der Waals surface area (Å²) in [6, 6.07) is 1.97. The second-order valence-corrected chi connectivity index (χ2v) is 8.92. The molecule has 168 valence electrons. The van der Waals surface area contributed by atoms with E-state index in [1.165, 1.54) is 0 Å². The molecule has 2 saturated heterocycles. The summed E-state index contributed by atoms with van der Waals surface area (Å²) in [7, 11) is 0. The van der Waals surface area contributed by atoms with Crippen LogP contribution in [0.2, 0.25) is 0 Å². The highest BCUT2D eigenvalue weighted by molar-refractivity contribution is 5.68. The lowest BCUT2D eigenvalue weighted by Crippen LogP contribution is -2.44. The molecule has 0 bridgehead atoms. The van der Waals surface area contributed by atoms with Gasteiger partial charge in [-0.1, -0.05) is 0 Å². The van der Waals surface area contributed by atoms with E-state index in [1.807, 2.05) is 26.8 Å². The average molecular weight is 431 g/mol. The minimum Gasteiger partial charge on any atom is -0.473 e. The molecule has 4 rings (SSSR count). The van der Waals surface area contributed by atoms with E-state index >= 15 is 0 Å². The molecule has 2 aliphatic heterocycles. The van der Waals surface area contributed by atoms with Gasteiger partial charge in [0.25, 0.3) is 0 Å². The van der Waals surface area contributed by atoms with Crippen LogP contribution in [0.4, 0.5) is 16.4 Å². The maximum absolute atomic E-state index is 12.2. The van der Waals surface area contributed by atoms with Gasteiger partial charge in [0.1, 0.15) is 11.7 Å². The first-order valence-electron chi connectivity index (χ1n) is 10.7. The molecular weight excluding hydrogens is 400 g/mol. The van der Waals surface area contributed by atoms with Crippen LogP contribution in [0.5, 0.6) is 5.88 Å². The standard InChI is InChI=1S/C21H30N6O4/c1-21(2,3)31-20(28)27-7-4-15(5-8-27)30-19-12-22-11-18(24-19)23-17-10-16(25-26-17)14-6-9-29-13-14/h10-12,14-15H,4-9,13H2,1-3H3,(H2,23,24,25,26)/t14-/m0/s1. The molecule has 31 heavy (non-hydrogen) atoms. The van der Waals surface area contributed by atoms with Crippen molar-refractivity contribution < 1.29 is 19.0 Å². The van der Waals surface area contributed by atoms with Crippen LogP contribution in [0.1, 0.15) is 51.6 Å². The Labute approximate surface area is 181 Å². The lowest BCUT2D eigenvalue weighted by molar-refractivity contribution is 0.0123. The Morgan fingerprint density at radius 2 is 2.03 bits per heavy atom. The molecule has 2 N–H and O–H groups in total. The zero-order valence-electron chi connectivity index (χ0n) is 18.3. The highest BCUT2D eigenvalue weighted by atomic mass is 16.6. The Morgan fingerprint density at radius 1 is 1.23 bits per heavy atom. The number of carbonyl (C=O) groups is 1. The molecule has 2 aromatic rings. The van der Waals surface area contributed by atoms with Crippen LogP contribution in [0.15, 0.2) is 18.5 Å². The molecule has 2 aromatic heterocycles. The number of aromatic nitrogens is 4. The number of hydrogen-bond donors (Lipinski definition) is 2. The third kappa shape index (κ3) is 5.84. The quantitative estimate of drug-likeness (QED) is 0.743. The van der Waals surface area contributed by atoms with Crippen molar-refractivity contribution in [3.8, 4) is 5.88 Å². The minimum atomic E-state index is -0.493. The largest absolute Gasteiger partial charge is 0.473 e. The van der Waals surface area contributed by atoms with Crippen molar-refractivity contribution in [2.45, 2.75) is 57.7 Å². The predicted octanol–water partition coefficient (Wildman–Crippen LogP) is 3.23. The van der Waals surface area contributed by atoms with E-state index < -0.39 is 5.60 Å². The average Bonchev–Trinajstić information content (AvgIpc) is 3.39. The Kier molecular flexibility index (Phi) is 6.26. The molecule has 1 atom stereocenters. The Morgan fingerprint density at radius 3 is 2.74 bits per heavy atom. The van der Waals surface area contributed by atoms with Gasteiger partial charge in [-0.25, -0.2) is 4.79 Å². The van der Waals surface area contributed by atoms with Crippen molar-refractivity contribution in [1.29, 1.82) is 0 Å². The summed E-state index contributed by atoms with van der Waals surface area (Å²) < 4.78 is 16.9. The van der Waals surface area contributed by atoms with Crippen LogP contribution in [0.3, 0.4) is 0 Å². The Balaban J connectivity index is 1.29. The summed E-state index contributed by atoms with van der Waals surface area (Å²) in [6.07, 6.45) is 5.34. The minimum absolute atomic E-state index is 0.0254. The number of likely N-dealkylation sites (tertiary alicyclic amines) is 1. The maximum atomic E-state index is 12.2. The van der Waals surface area contributed by atoms with Crippen LogP contribution in [-0.2, 0) is 9.47 Å². The zero-order valence-corrected chi connectivity index (χ0v) is 18.3. The number of anilines is 2. The molecule has 0 radical (unpaired) electrons. The third-order valence-electron chi connectivity index (χ3n) is 5.22. The van der Waals surface area contributed by atoms with E-state index in [0.29, 0.717) is 49.4 Å². The summed E-state index contributed by atoms with van der Waals surface area (Å²) in [6.45, 7) is 8.29. The van der Waals surface area contributed by atoms with E-state index in [0.717, 1.165) is 25.3 Å². The molecule has 0 spiro atoms. The number of hydrogen-bond acceptors (Lipinski definition) is 8. The smallest absolute Gasteiger partial charge is 0.410 e. The molecule has 1 amide bonds. The SMILES string of the molecule is CC(C)(C)OC(=O)N1CCC(Oc2cncc(Nc3cc([C@H]4CCOC4)[nH]n3)n2)CC1. The lowest BCUT2D eigenvalue weighted by atomic mass is 10.1. The van der Waals surface area contributed by atoms with Crippen molar-refractivity contribution in [3.63, 3.8) is 0 Å². The van der Waals surface area contributed by atoms with Crippen LogP contribution in [0, 0.1) is 0 Å². The highest BCUT2D eigenvalue weighted by Crippen LogP contribution is 2.26. The molecule has 2 fully saturated rings. The maximum Gasteiger partial charge on any atom is 0.410 e. The second-order valence-electron chi connectivity index (χ2n) is 8.92. The number of nitrogens with one attached hydrogen (secondary N) is 2. The molecule has 10 heteroatoms. The number of carbonyl (C=O) groups excluding carboxylic acids is 1. The van der Waals surface area contributed by atoms with Gasteiger partial charge in [0.15, 0.2) is 11.6 Å². The van der Waals surface area contributed by atoms with Crippen molar-refractivity contribution in [2.75, 3.05) is 31.6 Å². The summed E-state index contributed by atoms with van der Waals surface area (Å²) in [5.41, 5.74) is 0.560. The van der Waals surface area contributed by atoms with E-state index in [2.05, 4.69) is 25.5 Å². The van der Waals surface area contributed by atoms with Gasteiger partial charge in [-0.3, -0.25) is 10.1 Å². The van der Waals surface area contributed by atoms with Gasteiger partial charge >= 0.3 is 6.09 Å². The molecule has 0 unspecified atom stereocenters. The first-order valence-corrected chi connectivity index (χ1v) is 10.7. The predicted molar refractivity (Wildman–Crippen MR) is 114 cm³/mol. The summed E-state index contributed by atoms with van der Waals surface area (Å²) in [5.74, 6) is 2.04. The zero-order chi connectivity index (χ0) is 21.8. The third-order valence-corrected chi connectivity index (χ3v) is 5.22. The van der Waals surface area contributed by atoms with Crippen LogP contribution in [0.25, 0.3) is 0 Å². The normalized spacial score (nSPS) is 20.0. The van der Waals surface area contributed by atoms with Crippen LogP contribution < -0.4 is 10.1 Å². The molecule has 0 aliphatic carbocycles. The number of aromatic amines is 1. The fraction of sp³-hybridized carbons (Fsp3) is 0.619. The molecule has 0 saturated carbocycles. The van der Waals surface area contributed by atoms with Gasteiger partial charge in [-0.05, 0) is 27.2 Å². The van der Waals surface area contributed by atoms with Crippen molar-refractivity contribution in [1.82, 2.24) is 25.1 Å². The molecule has 2 aliphatic rings. The van der Waals surface area contributed by atoms with Gasteiger partial charge in [0, 0.05) is 50.2 Å². The van der Waals surface area contributed by atoms with Gasteiger partial charge in [0.2, 0.25) is 5.88 Å². The van der Waals surface area contributed by atoms with E-state index in [-0.39, 0.29) is 12.2 Å². The topological polar surface area (TPSA) is 114 Å². The van der Waals surface area contributed by atoms with Crippen LogP contribution >= 0.6 is 0 Å². The van der Waals surface area contributed by atoms with Gasteiger partial charge in [-0.15, -0.1) is 0 Å². The van der Waals surface area contributed by atoms with Gasteiger partial charge < -0.3 is 24.4 Å². The van der Waals surface area contributed by atoms with Crippen LogP contribution in [-0.4, -0.2) is 69.2 Å². The fourth-order valence-corrected chi connectivity index (χ4v) is 3.64. The first-order chi connectivity index (χ1) is 14.9. The molecule has 0 aromatic carbocycles. The van der Waals surface area contributed by atoms with Gasteiger partial charge in [0.05, 0.1) is 19.0 Å². The second kappa shape index (κ2) is 9.09. The number of amides is 1. The summed E-state index contributed by atoms with van der Waals surface area (Å²) in [5, 5.41) is 10.5. The van der Waals surface area contributed by atoms with Gasteiger partial charge in [-0.2, -0.15) is 10.1 Å². The van der Waals surface area contributed by atoms with E-state index in [9.17, 15) is 4.79 Å². The molecular formula is C21H30N6O4. The number of H-pyrrole nitrogens is 1. The van der Waals surface area contributed by atoms with E-state index in [4.69, 9.17) is 14.2 Å². The van der Waals surface area contributed by atoms with Crippen molar-refractivity contribution in [3.05, 3.63) is 24.2 Å². The number of nitrogens with zero attached hydrogens (tertiary/aromatic N) is 4. The number of ether oxygens (including phenoxy) is 3. The number of piperidine rings is 1. The lowest BCUT2D eigenvalue weighted by Gasteiger charge is -2.33. The van der Waals surface area contributed by atoms with E-state index in [1.54, 1.807) is 17.3 Å². The van der Waals surface area contributed by atoms with Crippen molar-refractivity contribution >= 4 is 17.7 Å². The van der Waals surface area contributed by atoms with Crippen molar-refractivity contribution in [2.24, 2.45) is 0 Å². The monoisotopic (exact) mass is 430 g/mol. The molecule has 10 nitrogen and oxygen atoms in total.